The molecular weight excluding hydrogens is 356 g/mol. The Balaban J connectivity index is 2.09. The molecule has 0 bridgehead atoms. The predicted octanol–water partition coefficient (Wildman–Crippen LogP) is 0.298. The molecule has 1 unspecified atom stereocenters. The number of amides is 2. The first-order valence-corrected chi connectivity index (χ1v) is 7.46. The number of nitrogens with zero attached hydrogens (tertiary/aromatic N) is 1. The summed E-state index contributed by atoms with van der Waals surface area (Å²) in [6.45, 7) is -0.293. The summed E-state index contributed by atoms with van der Waals surface area (Å²) in [7, 11) is 1.48. The van der Waals surface area contributed by atoms with Crippen LogP contribution in [0, 0.1) is 0 Å². The molecule has 120 valence electrons. The third-order valence-corrected chi connectivity index (χ3v) is 3.61. The van der Waals surface area contributed by atoms with E-state index in [1.165, 1.54) is 12.0 Å². The van der Waals surface area contributed by atoms with Crippen LogP contribution in [0.3, 0.4) is 0 Å². The van der Waals surface area contributed by atoms with Gasteiger partial charge in [0.2, 0.25) is 5.91 Å². The normalized spacial score (nSPS) is 15.0. The number of nitrogens with one attached hydrogen (secondary N) is 1. The fraction of sp³-hybridized carbons (Fsp3) is 0.429. The average Bonchev–Trinajstić information content (AvgIpc) is 2.49. The Labute approximate surface area is 136 Å². The lowest BCUT2D eigenvalue weighted by molar-refractivity contribution is -0.126. The number of hydrogen-bond donors (Lipinski definition) is 2. The van der Waals surface area contributed by atoms with E-state index in [0.29, 0.717) is 11.4 Å². The lowest BCUT2D eigenvalue weighted by Gasteiger charge is -2.29. The monoisotopic (exact) mass is 372 g/mol. The van der Waals surface area contributed by atoms with E-state index >= 15 is 0 Å². The second-order valence-corrected chi connectivity index (χ2v) is 5.70. The van der Waals surface area contributed by atoms with Crippen molar-refractivity contribution in [3.8, 4) is 5.75 Å². The first-order valence-electron chi connectivity index (χ1n) is 6.67. The lowest BCUT2D eigenvalue weighted by atomic mass is 10.2. The van der Waals surface area contributed by atoms with Crippen LogP contribution in [0.4, 0.5) is 5.69 Å². The van der Waals surface area contributed by atoms with Gasteiger partial charge in [-0.1, -0.05) is 15.9 Å². The van der Waals surface area contributed by atoms with Gasteiger partial charge in [0.25, 0.3) is 5.91 Å². The van der Waals surface area contributed by atoms with Crippen molar-refractivity contribution >= 4 is 33.4 Å². The van der Waals surface area contributed by atoms with Crippen LogP contribution in [0.25, 0.3) is 0 Å². The number of carbonyl (C=O) groups excluding carboxylic acids is 2. The Morgan fingerprint density at radius 1 is 1.59 bits per heavy atom. The van der Waals surface area contributed by atoms with Crippen molar-refractivity contribution in [3.63, 3.8) is 0 Å². The van der Waals surface area contributed by atoms with E-state index in [-0.39, 0.29) is 38.2 Å². The molecule has 2 rings (SSSR count). The molecule has 0 aromatic heterocycles. The number of methoxy groups -OCH3 is 1. The highest BCUT2D eigenvalue weighted by Gasteiger charge is 2.28. The highest BCUT2D eigenvalue weighted by molar-refractivity contribution is 9.10. The largest absolute Gasteiger partial charge is 0.482 e. The van der Waals surface area contributed by atoms with Crippen LogP contribution in [0.5, 0.6) is 5.75 Å². The van der Waals surface area contributed by atoms with Gasteiger partial charge in [0.1, 0.15) is 12.3 Å². The summed E-state index contributed by atoms with van der Waals surface area (Å²) in [4.78, 5) is 25.4. The van der Waals surface area contributed by atoms with Crippen molar-refractivity contribution < 1.29 is 24.2 Å². The molecule has 1 aliphatic heterocycles. The molecule has 1 aliphatic rings. The van der Waals surface area contributed by atoms with Gasteiger partial charge in [0.05, 0.1) is 24.9 Å². The van der Waals surface area contributed by atoms with Gasteiger partial charge in [-0.2, -0.15) is 0 Å². The molecule has 0 spiro atoms. The number of anilines is 1. The number of carbonyl (C=O) groups is 2. The van der Waals surface area contributed by atoms with Gasteiger partial charge in [-0.25, -0.2) is 0 Å². The number of aliphatic hydroxyl groups is 1. The maximum Gasteiger partial charge on any atom is 0.265 e. The summed E-state index contributed by atoms with van der Waals surface area (Å²) in [6, 6.07) is 4.72. The molecule has 2 N–H and O–H groups in total. The summed E-state index contributed by atoms with van der Waals surface area (Å²) >= 11 is 3.33. The number of ether oxygens (including phenoxy) is 2. The highest BCUT2D eigenvalue weighted by atomic mass is 79.9. The molecule has 1 atom stereocenters. The van der Waals surface area contributed by atoms with Crippen molar-refractivity contribution in [2.24, 2.45) is 0 Å². The van der Waals surface area contributed by atoms with Crippen LogP contribution in [0.15, 0.2) is 22.7 Å². The molecule has 0 radical (unpaired) electrons. The zero-order chi connectivity index (χ0) is 16.1. The topological polar surface area (TPSA) is 88.1 Å². The van der Waals surface area contributed by atoms with E-state index in [1.54, 1.807) is 18.2 Å². The van der Waals surface area contributed by atoms with Gasteiger partial charge in [0.15, 0.2) is 6.61 Å². The van der Waals surface area contributed by atoms with Crippen LogP contribution in [0.1, 0.15) is 0 Å². The highest BCUT2D eigenvalue weighted by Crippen LogP contribution is 2.34. The Morgan fingerprint density at radius 3 is 3.05 bits per heavy atom. The molecule has 0 saturated heterocycles. The number of hydrogen-bond acceptors (Lipinski definition) is 5. The zero-order valence-electron chi connectivity index (χ0n) is 12.0. The number of fused-ring (bicyclic) bond motifs is 1. The molecule has 2 amide bonds. The molecular formula is C14H17BrN2O5. The summed E-state index contributed by atoms with van der Waals surface area (Å²) in [5.41, 5.74) is 0.543. The van der Waals surface area contributed by atoms with Crippen molar-refractivity contribution in [1.29, 1.82) is 0 Å². The fourth-order valence-electron chi connectivity index (χ4n) is 2.11. The SMILES string of the molecule is COCC(CO)NC(=O)CN1C(=O)COc2cc(Br)ccc21. The molecule has 22 heavy (non-hydrogen) atoms. The summed E-state index contributed by atoms with van der Waals surface area (Å²) in [5, 5.41) is 11.8. The Bertz CT molecular complexity index is 566. The quantitative estimate of drug-likeness (QED) is 0.749. The maximum atomic E-state index is 12.1. The molecule has 1 aromatic carbocycles. The second-order valence-electron chi connectivity index (χ2n) is 4.78. The number of rotatable bonds is 6. The molecule has 1 aromatic rings. The van der Waals surface area contributed by atoms with Crippen molar-refractivity contribution in [3.05, 3.63) is 22.7 Å². The zero-order valence-corrected chi connectivity index (χ0v) is 13.6. The first kappa shape index (κ1) is 16.7. The third kappa shape index (κ3) is 3.96. The minimum Gasteiger partial charge on any atom is -0.482 e. The number of benzene rings is 1. The van der Waals surface area contributed by atoms with Gasteiger partial charge < -0.3 is 19.9 Å². The van der Waals surface area contributed by atoms with Crippen molar-refractivity contribution in [2.75, 3.05) is 38.4 Å². The molecule has 0 saturated carbocycles. The van der Waals surface area contributed by atoms with E-state index in [4.69, 9.17) is 14.6 Å². The van der Waals surface area contributed by atoms with Gasteiger partial charge in [0, 0.05) is 11.6 Å². The molecule has 0 aliphatic carbocycles. The lowest BCUT2D eigenvalue weighted by Crippen LogP contribution is -2.49. The summed E-state index contributed by atoms with van der Waals surface area (Å²) in [5.74, 6) is -0.130. The van der Waals surface area contributed by atoms with Gasteiger partial charge in [-0.3, -0.25) is 14.5 Å². The molecule has 7 nitrogen and oxygen atoms in total. The molecule has 8 heteroatoms. The second kappa shape index (κ2) is 7.57. The third-order valence-electron chi connectivity index (χ3n) is 3.12. The Hall–Kier alpha value is -1.64. The van der Waals surface area contributed by atoms with E-state index in [0.717, 1.165) is 4.47 Å². The maximum absolute atomic E-state index is 12.1. The Kier molecular flexibility index (Phi) is 5.76. The van der Waals surface area contributed by atoms with Crippen LogP contribution in [0.2, 0.25) is 0 Å². The number of halogens is 1. The fourth-order valence-corrected chi connectivity index (χ4v) is 2.45. The minimum absolute atomic E-state index is 0.113. The molecule has 1 heterocycles. The van der Waals surface area contributed by atoms with E-state index < -0.39 is 6.04 Å². The smallest absolute Gasteiger partial charge is 0.265 e. The standard InChI is InChI=1S/C14H17BrN2O5/c1-21-7-10(6-18)16-13(19)5-17-11-3-2-9(15)4-12(11)22-8-14(17)20/h2-4,10,18H,5-8H2,1H3,(H,16,19). The number of aliphatic hydroxyl groups excluding tert-OH is 1. The summed E-state index contributed by atoms with van der Waals surface area (Å²) < 4.78 is 11.1. The van der Waals surface area contributed by atoms with Crippen LogP contribution >= 0.6 is 15.9 Å². The van der Waals surface area contributed by atoms with Crippen molar-refractivity contribution in [2.45, 2.75) is 6.04 Å². The minimum atomic E-state index is -0.502. The van der Waals surface area contributed by atoms with E-state index in [9.17, 15) is 9.59 Å². The Morgan fingerprint density at radius 2 is 2.36 bits per heavy atom. The van der Waals surface area contributed by atoms with Gasteiger partial charge in [-0.15, -0.1) is 0 Å². The predicted molar refractivity (Wildman–Crippen MR) is 82.9 cm³/mol. The molecule has 0 fully saturated rings. The van der Waals surface area contributed by atoms with Gasteiger partial charge >= 0.3 is 0 Å². The van der Waals surface area contributed by atoms with E-state index in [2.05, 4.69) is 21.2 Å². The summed E-state index contributed by atoms with van der Waals surface area (Å²) in [6.07, 6.45) is 0. The van der Waals surface area contributed by atoms with E-state index in [1.807, 2.05) is 0 Å². The van der Waals surface area contributed by atoms with Gasteiger partial charge in [-0.05, 0) is 18.2 Å². The average molecular weight is 373 g/mol. The van der Waals surface area contributed by atoms with Crippen LogP contribution < -0.4 is 15.0 Å². The van der Waals surface area contributed by atoms with Crippen LogP contribution in [-0.4, -0.2) is 56.4 Å². The first-order chi connectivity index (χ1) is 10.5. The van der Waals surface area contributed by atoms with Crippen molar-refractivity contribution in [1.82, 2.24) is 5.32 Å². The van der Waals surface area contributed by atoms with Crippen LogP contribution in [-0.2, 0) is 14.3 Å².